The molecule has 2 rings (SSSR count). The fourth-order valence-electron chi connectivity index (χ4n) is 2.10. The van der Waals surface area contributed by atoms with E-state index >= 15 is 0 Å². The van der Waals surface area contributed by atoms with Gasteiger partial charge in [0.25, 0.3) is 0 Å². The van der Waals surface area contributed by atoms with Crippen molar-refractivity contribution >= 4 is 16.6 Å². The Bertz CT molecular complexity index is 523. The molecule has 3 heteroatoms. The van der Waals surface area contributed by atoms with Crippen LogP contribution in [-0.4, -0.2) is 12.1 Å². The summed E-state index contributed by atoms with van der Waals surface area (Å²) in [4.78, 5) is 4.34. The summed E-state index contributed by atoms with van der Waals surface area (Å²) in [6, 6.07) is 5.88. The molecule has 0 fully saturated rings. The van der Waals surface area contributed by atoms with Crippen molar-refractivity contribution in [2.45, 2.75) is 26.2 Å². The largest absolute Gasteiger partial charge is 0.496 e. The Kier molecular flexibility index (Phi) is 3.47. The molecule has 2 N–H and O–H groups in total. The summed E-state index contributed by atoms with van der Waals surface area (Å²) in [7, 11) is 1.69. The third kappa shape index (κ3) is 2.18. The molecule has 90 valence electrons. The van der Waals surface area contributed by atoms with E-state index in [2.05, 4.69) is 18.0 Å². The average Bonchev–Trinajstić information content (AvgIpc) is 2.37. The number of nitrogens with zero attached hydrogens (tertiary/aromatic N) is 1. The second-order valence-electron chi connectivity index (χ2n) is 4.15. The molecule has 17 heavy (non-hydrogen) atoms. The van der Waals surface area contributed by atoms with Crippen molar-refractivity contribution in [2.24, 2.45) is 0 Å². The van der Waals surface area contributed by atoms with Gasteiger partial charge in [-0.1, -0.05) is 19.4 Å². The fourth-order valence-corrected chi connectivity index (χ4v) is 2.10. The smallest absolute Gasteiger partial charge is 0.124 e. The molecule has 0 bridgehead atoms. The molecule has 1 aromatic heterocycles. The number of benzene rings is 1. The zero-order valence-electron chi connectivity index (χ0n) is 10.4. The summed E-state index contributed by atoms with van der Waals surface area (Å²) in [5.74, 6) is 0.872. The highest BCUT2D eigenvalue weighted by atomic mass is 16.5. The third-order valence-electron chi connectivity index (χ3n) is 2.99. The molecule has 0 aliphatic rings. The molecule has 0 unspecified atom stereocenters. The van der Waals surface area contributed by atoms with Crippen LogP contribution in [0.5, 0.6) is 5.75 Å². The standard InChI is InChI=1S/C14H18N2O/c1-3-4-6-10-11-7-5-8-16-14(11)12(15)9-13(10)17-2/h5,7-9H,3-4,6,15H2,1-2H3. The number of anilines is 1. The summed E-state index contributed by atoms with van der Waals surface area (Å²) in [6.45, 7) is 2.18. The Morgan fingerprint density at radius 2 is 2.24 bits per heavy atom. The summed E-state index contributed by atoms with van der Waals surface area (Å²) >= 11 is 0. The number of hydrogen-bond acceptors (Lipinski definition) is 3. The number of aryl methyl sites for hydroxylation is 1. The number of nitrogens with two attached hydrogens (primary N) is 1. The highest BCUT2D eigenvalue weighted by Crippen LogP contribution is 2.32. The molecular formula is C14H18N2O. The lowest BCUT2D eigenvalue weighted by Crippen LogP contribution is -1.98. The molecule has 0 saturated carbocycles. The first-order valence-corrected chi connectivity index (χ1v) is 5.98. The number of rotatable bonds is 4. The maximum atomic E-state index is 5.99. The van der Waals surface area contributed by atoms with E-state index in [1.165, 1.54) is 5.56 Å². The van der Waals surface area contributed by atoms with Gasteiger partial charge < -0.3 is 10.5 Å². The number of hydrogen-bond donors (Lipinski definition) is 1. The van der Waals surface area contributed by atoms with Gasteiger partial charge in [-0.15, -0.1) is 0 Å². The molecule has 0 radical (unpaired) electrons. The third-order valence-corrected chi connectivity index (χ3v) is 2.99. The Balaban J connectivity index is 2.63. The van der Waals surface area contributed by atoms with Gasteiger partial charge in [0, 0.05) is 23.2 Å². The minimum atomic E-state index is 0.678. The van der Waals surface area contributed by atoms with Crippen LogP contribution >= 0.6 is 0 Å². The van der Waals surface area contributed by atoms with Crippen LogP contribution in [0, 0.1) is 0 Å². The second kappa shape index (κ2) is 5.04. The van der Waals surface area contributed by atoms with E-state index in [0.717, 1.165) is 35.9 Å². The van der Waals surface area contributed by atoms with Gasteiger partial charge in [0.15, 0.2) is 0 Å². The van der Waals surface area contributed by atoms with Gasteiger partial charge in [-0.05, 0) is 18.9 Å². The summed E-state index contributed by atoms with van der Waals surface area (Å²) < 4.78 is 5.42. The summed E-state index contributed by atoms with van der Waals surface area (Å²) in [5.41, 5.74) is 8.76. The lowest BCUT2D eigenvalue weighted by Gasteiger charge is -2.13. The van der Waals surface area contributed by atoms with E-state index in [1.54, 1.807) is 13.3 Å². The minimum Gasteiger partial charge on any atom is -0.496 e. The summed E-state index contributed by atoms with van der Waals surface area (Å²) in [5, 5.41) is 1.11. The van der Waals surface area contributed by atoms with Crippen molar-refractivity contribution in [3.05, 3.63) is 30.0 Å². The van der Waals surface area contributed by atoms with Crippen molar-refractivity contribution in [1.82, 2.24) is 4.98 Å². The van der Waals surface area contributed by atoms with Crippen molar-refractivity contribution < 1.29 is 4.74 Å². The second-order valence-corrected chi connectivity index (χ2v) is 4.15. The van der Waals surface area contributed by atoms with Gasteiger partial charge in [0.2, 0.25) is 0 Å². The van der Waals surface area contributed by atoms with E-state index in [1.807, 2.05) is 12.1 Å². The Labute approximate surface area is 102 Å². The van der Waals surface area contributed by atoms with Crippen LogP contribution in [0.25, 0.3) is 10.9 Å². The molecule has 1 heterocycles. The number of unbranched alkanes of at least 4 members (excludes halogenated alkanes) is 1. The number of aromatic nitrogens is 1. The number of pyridine rings is 1. The van der Waals surface area contributed by atoms with Crippen LogP contribution in [0.2, 0.25) is 0 Å². The lowest BCUT2D eigenvalue weighted by atomic mass is 10.0. The normalized spacial score (nSPS) is 10.7. The SMILES string of the molecule is CCCCc1c(OC)cc(N)c2ncccc12. The fraction of sp³-hybridized carbons (Fsp3) is 0.357. The van der Waals surface area contributed by atoms with E-state index in [9.17, 15) is 0 Å². The van der Waals surface area contributed by atoms with Crippen molar-refractivity contribution in [3.63, 3.8) is 0 Å². The van der Waals surface area contributed by atoms with Crippen LogP contribution < -0.4 is 10.5 Å². The topological polar surface area (TPSA) is 48.1 Å². The van der Waals surface area contributed by atoms with Gasteiger partial charge in [0.1, 0.15) is 5.75 Å². The molecular weight excluding hydrogens is 212 g/mol. The average molecular weight is 230 g/mol. The highest BCUT2D eigenvalue weighted by Gasteiger charge is 2.11. The van der Waals surface area contributed by atoms with E-state index < -0.39 is 0 Å². The minimum absolute atomic E-state index is 0.678. The van der Waals surface area contributed by atoms with Crippen LogP contribution in [0.15, 0.2) is 24.4 Å². The van der Waals surface area contributed by atoms with Crippen molar-refractivity contribution in [3.8, 4) is 5.75 Å². The molecule has 0 aliphatic carbocycles. The Morgan fingerprint density at radius 3 is 2.94 bits per heavy atom. The van der Waals surface area contributed by atoms with E-state index in [4.69, 9.17) is 10.5 Å². The first-order valence-electron chi connectivity index (χ1n) is 5.98. The van der Waals surface area contributed by atoms with Gasteiger partial charge in [-0.25, -0.2) is 0 Å². The molecule has 1 aromatic carbocycles. The van der Waals surface area contributed by atoms with Crippen molar-refractivity contribution in [1.29, 1.82) is 0 Å². The molecule has 0 saturated heterocycles. The molecule has 0 aliphatic heterocycles. The van der Waals surface area contributed by atoms with E-state index in [-0.39, 0.29) is 0 Å². The number of ether oxygens (including phenoxy) is 1. The van der Waals surface area contributed by atoms with Crippen LogP contribution in [-0.2, 0) is 6.42 Å². The van der Waals surface area contributed by atoms with Crippen LogP contribution in [0.4, 0.5) is 5.69 Å². The number of fused-ring (bicyclic) bond motifs is 1. The Morgan fingerprint density at radius 1 is 1.41 bits per heavy atom. The number of methoxy groups -OCH3 is 1. The summed E-state index contributed by atoms with van der Waals surface area (Å²) in [6.07, 6.45) is 5.08. The van der Waals surface area contributed by atoms with Gasteiger partial charge in [-0.3, -0.25) is 4.98 Å². The lowest BCUT2D eigenvalue weighted by molar-refractivity contribution is 0.410. The predicted molar refractivity (Wildman–Crippen MR) is 71.3 cm³/mol. The first kappa shape index (κ1) is 11.7. The zero-order valence-corrected chi connectivity index (χ0v) is 10.4. The molecule has 2 aromatic rings. The van der Waals surface area contributed by atoms with Gasteiger partial charge in [-0.2, -0.15) is 0 Å². The van der Waals surface area contributed by atoms with Crippen LogP contribution in [0.3, 0.4) is 0 Å². The van der Waals surface area contributed by atoms with E-state index in [0.29, 0.717) is 5.69 Å². The molecule has 0 spiro atoms. The first-order chi connectivity index (χ1) is 8.27. The Hall–Kier alpha value is -1.77. The molecule has 0 atom stereocenters. The molecule has 0 amide bonds. The highest BCUT2D eigenvalue weighted by molar-refractivity contribution is 5.93. The maximum Gasteiger partial charge on any atom is 0.124 e. The predicted octanol–water partition coefficient (Wildman–Crippen LogP) is 3.17. The zero-order chi connectivity index (χ0) is 12.3. The van der Waals surface area contributed by atoms with Crippen LogP contribution in [0.1, 0.15) is 25.3 Å². The number of nitrogen functional groups attached to an aromatic ring is 1. The molecule has 3 nitrogen and oxygen atoms in total. The van der Waals surface area contributed by atoms with Crippen molar-refractivity contribution in [2.75, 3.05) is 12.8 Å². The maximum absolute atomic E-state index is 5.99. The monoisotopic (exact) mass is 230 g/mol. The van der Waals surface area contributed by atoms with Gasteiger partial charge in [0.05, 0.1) is 18.3 Å². The quantitative estimate of drug-likeness (QED) is 0.821. The van der Waals surface area contributed by atoms with Gasteiger partial charge >= 0.3 is 0 Å².